The molecule has 2 rings (SSSR count). The summed E-state index contributed by atoms with van der Waals surface area (Å²) in [4.78, 5) is 25.3. The van der Waals surface area contributed by atoms with Crippen LogP contribution in [0.4, 0.5) is 0 Å². The zero-order chi connectivity index (χ0) is 20.2. The molecular formula is C18H22N2O5S2. The number of nitrogens with one attached hydrogen (secondary N) is 1. The fourth-order valence-electron chi connectivity index (χ4n) is 2.29. The summed E-state index contributed by atoms with van der Waals surface area (Å²) >= 11 is 1.52. The molecule has 0 unspecified atom stereocenters. The average molecular weight is 411 g/mol. The molecule has 0 saturated heterocycles. The molecule has 1 aromatic carbocycles. The third-order valence-electron chi connectivity index (χ3n) is 3.89. The second kappa shape index (κ2) is 8.64. The Kier molecular flexibility index (Phi) is 6.74. The molecule has 1 N–H and O–H groups in total. The molecule has 7 nitrogen and oxygen atoms in total. The second-order valence-corrected chi connectivity index (χ2v) is 9.28. The first-order chi connectivity index (χ1) is 12.6. The summed E-state index contributed by atoms with van der Waals surface area (Å²) in [5.74, 6) is -1.18. The molecule has 0 bridgehead atoms. The fraction of sp³-hybridized carbons (Fsp3) is 0.333. The summed E-state index contributed by atoms with van der Waals surface area (Å²) in [5, 5.41) is 4.66. The Labute approximate surface area is 163 Å². The first kappa shape index (κ1) is 21.1. The van der Waals surface area contributed by atoms with Gasteiger partial charge in [-0.05, 0) is 43.0 Å². The van der Waals surface area contributed by atoms with Crippen molar-refractivity contribution in [3.05, 3.63) is 51.7 Å². The van der Waals surface area contributed by atoms with Crippen molar-refractivity contribution in [2.45, 2.75) is 24.8 Å². The Morgan fingerprint density at radius 3 is 2.56 bits per heavy atom. The number of ether oxygens (including phenoxy) is 1. The van der Waals surface area contributed by atoms with Crippen LogP contribution >= 0.6 is 11.3 Å². The number of benzene rings is 1. The van der Waals surface area contributed by atoms with Crippen LogP contribution in [-0.2, 0) is 19.6 Å². The predicted molar refractivity (Wildman–Crippen MR) is 103 cm³/mol. The Morgan fingerprint density at radius 2 is 1.96 bits per heavy atom. The van der Waals surface area contributed by atoms with Crippen LogP contribution in [0.5, 0.6) is 0 Å². The number of carbonyl (C=O) groups is 2. The van der Waals surface area contributed by atoms with Crippen molar-refractivity contribution in [1.29, 1.82) is 0 Å². The molecule has 1 aromatic heterocycles. The van der Waals surface area contributed by atoms with Gasteiger partial charge in [0, 0.05) is 19.0 Å². The number of aryl methyl sites for hydroxylation is 1. The van der Waals surface area contributed by atoms with Gasteiger partial charge >= 0.3 is 5.97 Å². The summed E-state index contributed by atoms with van der Waals surface area (Å²) in [5.41, 5.74) is 0.669. The van der Waals surface area contributed by atoms with Crippen molar-refractivity contribution in [1.82, 2.24) is 9.62 Å². The molecule has 0 radical (unpaired) electrons. The monoisotopic (exact) mass is 410 g/mol. The molecule has 1 heterocycles. The highest BCUT2D eigenvalue weighted by molar-refractivity contribution is 7.89. The van der Waals surface area contributed by atoms with E-state index in [1.165, 1.54) is 43.6 Å². The summed E-state index contributed by atoms with van der Waals surface area (Å²) < 4.78 is 30.6. The van der Waals surface area contributed by atoms with Crippen molar-refractivity contribution < 1.29 is 22.7 Å². The maximum atomic E-state index is 12.3. The van der Waals surface area contributed by atoms with E-state index in [4.69, 9.17) is 4.74 Å². The van der Waals surface area contributed by atoms with E-state index in [1.807, 2.05) is 24.4 Å². The normalized spacial score (nSPS) is 12.6. The van der Waals surface area contributed by atoms with Crippen LogP contribution in [-0.4, -0.2) is 45.3 Å². The molecule has 0 aliphatic rings. The lowest BCUT2D eigenvalue weighted by molar-refractivity contribution is -0.124. The van der Waals surface area contributed by atoms with Gasteiger partial charge in [0.1, 0.15) is 0 Å². The lowest BCUT2D eigenvalue weighted by Crippen LogP contribution is -2.31. The van der Waals surface area contributed by atoms with E-state index in [1.54, 1.807) is 6.92 Å². The van der Waals surface area contributed by atoms with E-state index in [2.05, 4.69) is 5.32 Å². The summed E-state index contributed by atoms with van der Waals surface area (Å²) in [6, 6.07) is 7.83. The minimum Gasteiger partial charge on any atom is -0.452 e. The number of hydrogen-bond acceptors (Lipinski definition) is 6. The number of rotatable bonds is 7. The maximum absolute atomic E-state index is 12.3. The molecule has 27 heavy (non-hydrogen) atoms. The molecule has 1 atom stereocenters. The molecular weight excluding hydrogens is 388 g/mol. The van der Waals surface area contributed by atoms with Crippen LogP contribution in [0.1, 0.15) is 33.8 Å². The van der Waals surface area contributed by atoms with Gasteiger partial charge in [0.05, 0.1) is 16.5 Å². The lowest BCUT2D eigenvalue weighted by atomic mass is 10.1. The van der Waals surface area contributed by atoms with Gasteiger partial charge in [-0.25, -0.2) is 17.5 Å². The molecule has 0 saturated carbocycles. The Bertz CT molecular complexity index is 921. The van der Waals surface area contributed by atoms with E-state index in [0.717, 1.165) is 9.18 Å². The summed E-state index contributed by atoms with van der Waals surface area (Å²) in [6.07, 6.45) is 0. The molecule has 146 valence electrons. The number of sulfonamides is 1. The Balaban J connectivity index is 2.04. The molecule has 0 fully saturated rings. The van der Waals surface area contributed by atoms with Crippen molar-refractivity contribution in [3.63, 3.8) is 0 Å². The zero-order valence-corrected chi connectivity index (χ0v) is 17.2. The smallest absolute Gasteiger partial charge is 0.338 e. The molecule has 1 amide bonds. The number of hydrogen-bond donors (Lipinski definition) is 1. The molecule has 0 aliphatic heterocycles. The topological polar surface area (TPSA) is 92.8 Å². The Hall–Kier alpha value is -2.23. The van der Waals surface area contributed by atoms with Crippen LogP contribution < -0.4 is 5.32 Å². The van der Waals surface area contributed by atoms with Crippen molar-refractivity contribution >= 4 is 33.2 Å². The number of carbonyl (C=O) groups excluding carboxylic acids is 2. The highest BCUT2D eigenvalue weighted by atomic mass is 32.2. The van der Waals surface area contributed by atoms with Gasteiger partial charge in [-0.3, -0.25) is 4.79 Å². The van der Waals surface area contributed by atoms with E-state index in [-0.39, 0.29) is 16.5 Å². The zero-order valence-electron chi connectivity index (χ0n) is 15.6. The lowest BCUT2D eigenvalue weighted by Gasteiger charge is -2.14. The largest absolute Gasteiger partial charge is 0.452 e. The minimum absolute atomic E-state index is 0.0131. The van der Waals surface area contributed by atoms with Crippen LogP contribution in [0.2, 0.25) is 0 Å². The van der Waals surface area contributed by atoms with Crippen molar-refractivity contribution in [2.75, 3.05) is 20.7 Å². The highest BCUT2D eigenvalue weighted by Gasteiger charge is 2.21. The summed E-state index contributed by atoms with van der Waals surface area (Å²) in [6.45, 7) is 3.06. The second-order valence-electron chi connectivity index (χ2n) is 6.14. The highest BCUT2D eigenvalue weighted by Crippen LogP contribution is 2.20. The van der Waals surface area contributed by atoms with Crippen LogP contribution in [0.25, 0.3) is 0 Å². The van der Waals surface area contributed by atoms with Crippen LogP contribution in [0, 0.1) is 6.92 Å². The van der Waals surface area contributed by atoms with Crippen molar-refractivity contribution in [2.24, 2.45) is 0 Å². The van der Waals surface area contributed by atoms with E-state index >= 15 is 0 Å². The fourth-order valence-corrected chi connectivity index (χ4v) is 3.96. The maximum Gasteiger partial charge on any atom is 0.338 e. The van der Waals surface area contributed by atoms with E-state index in [0.29, 0.717) is 5.56 Å². The van der Waals surface area contributed by atoms with Gasteiger partial charge in [-0.2, -0.15) is 0 Å². The number of amides is 1. The third-order valence-corrected chi connectivity index (χ3v) is 6.76. The average Bonchev–Trinajstić information content (AvgIpc) is 3.14. The van der Waals surface area contributed by atoms with Gasteiger partial charge in [0.2, 0.25) is 10.0 Å². The van der Waals surface area contributed by atoms with Crippen molar-refractivity contribution in [3.8, 4) is 0 Å². The standard InChI is InChI=1S/C18H22N2O5S2/c1-12-7-8-14(27(23,24)20(3)4)10-15(12)18(22)25-11-17(21)19-13(2)16-6-5-9-26-16/h5-10,13H,11H2,1-4H3,(H,19,21)/t13-/m0/s1. The number of nitrogens with zero attached hydrogens (tertiary/aromatic N) is 1. The van der Waals surface area contributed by atoms with Crippen LogP contribution in [0.3, 0.4) is 0 Å². The van der Waals surface area contributed by atoms with Crippen LogP contribution in [0.15, 0.2) is 40.6 Å². The molecule has 0 spiro atoms. The molecule has 2 aromatic rings. The molecule has 0 aliphatic carbocycles. The Morgan fingerprint density at radius 1 is 1.26 bits per heavy atom. The van der Waals surface area contributed by atoms with Gasteiger partial charge in [-0.1, -0.05) is 12.1 Å². The third kappa shape index (κ3) is 5.15. The van der Waals surface area contributed by atoms with E-state index in [9.17, 15) is 18.0 Å². The summed E-state index contributed by atoms with van der Waals surface area (Å²) in [7, 11) is -0.857. The first-order valence-corrected chi connectivity index (χ1v) is 10.5. The number of esters is 1. The van der Waals surface area contributed by atoms with Gasteiger partial charge in [0.15, 0.2) is 6.61 Å². The van der Waals surface area contributed by atoms with E-state index < -0.39 is 28.5 Å². The number of thiophene rings is 1. The van der Waals surface area contributed by atoms with Gasteiger partial charge in [-0.15, -0.1) is 11.3 Å². The van der Waals surface area contributed by atoms with Gasteiger partial charge < -0.3 is 10.1 Å². The molecule has 9 heteroatoms. The van der Waals surface area contributed by atoms with Gasteiger partial charge in [0.25, 0.3) is 5.91 Å². The quantitative estimate of drug-likeness (QED) is 0.707. The minimum atomic E-state index is -3.67. The predicted octanol–water partition coefficient (Wildman–Crippen LogP) is 2.34. The SMILES string of the molecule is Cc1ccc(S(=O)(=O)N(C)C)cc1C(=O)OCC(=O)N[C@@H](C)c1cccs1. The first-order valence-electron chi connectivity index (χ1n) is 8.16.